The zero-order valence-electron chi connectivity index (χ0n) is 18.6. The van der Waals surface area contributed by atoms with Gasteiger partial charge in [0.2, 0.25) is 5.78 Å². The van der Waals surface area contributed by atoms with Crippen LogP contribution in [0.5, 0.6) is 0 Å². The van der Waals surface area contributed by atoms with Crippen molar-refractivity contribution in [1.29, 1.82) is 0 Å². The number of hydrogen-bond donors (Lipinski definition) is 1. The molecule has 1 aliphatic heterocycles. The predicted molar refractivity (Wildman–Crippen MR) is 130 cm³/mol. The Hall–Kier alpha value is -2.39. The number of benzene rings is 3. The first kappa shape index (κ1) is 24.7. The lowest BCUT2D eigenvalue weighted by molar-refractivity contribution is -0.256. The van der Waals surface area contributed by atoms with E-state index in [1.165, 1.54) is 0 Å². The van der Waals surface area contributed by atoms with Crippen molar-refractivity contribution < 1.29 is 28.8 Å². The van der Waals surface area contributed by atoms with Gasteiger partial charge in [-0.15, -0.1) is 0 Å². The maximum absolute atomic E-state index is 13.1. The van der Waals surface area contributed by atoms with Crippen molar-refractivity contribution in [2.45, 2.75) is 42.8 Å². The number of ketones is 1. The van der Waals surface area contributed by atoms with E-state index in [9.17, 15) is 9.90 Å². The topological polar surface area (TPSA) is 74.2 Å². The van der Waals surface area contributed by atoms with Crippen molar-refractivity contribution in [3.05, 3.63) is 108 Å². The van der Waals surface area contributed by atoms with Gasteiger partial charge < -0.3 is 24.1 Å². The van der Waals surface area contributed by atoms with Crippen molar-refractivity contribution >= 4 is 21.7 Å². The Morgan fingerprint density at radius 1 is 0.765 bits per heavy atom. The summed E-state index contributed by atoms with van der Waals surface area (Å²) in [6.07, 6.45) is -2.60. The monoisotopic (exact) mass is 526 g/mol. The molecule has 3 aromatic carbocycles. The van der Waals surface area contributed by atoms with Crippen LogP contribution in [0.4, 0.5) is 0 Å². The van der Waals surface area contributed by atoms with Crippen LogP contribution in [-0.2, 0) is 43.6 Å². The Balaban J connectivity index is 1.50. The van der Waals surface area contributed by atoms with Gasteiger partial charge in [0, 0.05) is 0 Å². The van der Waals surface area contributed by atoms with Gasteiger partial charge in [-0.1, -0.05) is 91.0 Å². The summed E-state index contributed by atoms with van der Waals surface area (Å²) in [5.74, 6) is -0.652. The fourth-order valence-corrected chi connectivity index (χ4v) is 4.20. The highest BCUT2D eigenvalue weighted by Crippen LogP contribution is 2.33. The molecular weight excluding hydrogens is 500 g/mol. The van der Waals surface area contributed by atoms with Crippen LogP contribution >= 0.6 is 15.9 Å². The Kier molecular flexibility index (Phi) is 8.61. The SMILES string of the molecule is O=C1[C@@H](OCc2ccccc2)[C@H](OCc2ccccc2)[C@@H](COCc2ccccc2)O[C@@]1(O)Br. The fourth-order valence-electron chi connectivity index (χ4n) is 3.73. The van der Waals surface area contributed by atoms with Crippen LogP contribution in [0.3, 0.4) is 0 Å². The van der Waals surface area contributed by atoms with Crippen LogP contribution < -0.4 is 0 Å². The normalized spacial score (nSPS) is 24.8. The lowest BCUT2D eigenvalue weighted by Gasteiger charge is -2.41. The summed E-state index contributed by atoms with van der Waals surface area (Å²) in [7, 11) is 0. The van der Waals surface area contributed by atoms with E-state index in [1.54, 1.807) is 0 Å². The van der Waals surface area contributed by atoms with E-state index in [0.29, 0.717) is 6.61 Å². The van der Waals surface area contributed by atoms with E-state index >= 15 is 0 Å². The molecule has 4 atom stereocenters. The van der Waals surface area contributed by atoms with E-state index in [2.05, 4.69) is 15.9 Å². The highest BCUT2D eigenvalue weighted by atomic mass is 79.9. The van der Waals surface area contributed by atoms with E-state index in [1.807, 2.05) is 91.0 Å². The van der Waals surface area contributed by atoms with Gasteiger partial charge >= 0.3 is 0 Å². The number of alkyl halides is 1. The molecular formula is C27H27BrO6. The summed E-state index contributed by atoms with van der Waals surface area (Å²) in [4.78, 5) is 13.1. The summed E-state index contributed by atoms with van der Waals surface area (Å²) in [6.45, 7) is 0.892. The molecule has 0 aromatic heterocycles. The average molecular weight is 527 g/mol. The second kappa shape index (κ2) is 11.8. The lowest BCUT2D eigenvalue weighted by atomic mass is 9.99. The Bertz CT molecular complexity index is 1030. The smallest absolute Gasteiger partial charge is 0.288 e. The van der Waals surface area contributed by atoms with Crippen molar-refractivity contribution in [3.63, 3.8) is 0 Å². The number of carbonyl (C=O) groups excluding carboxylic acids is 1. The zero-order valence-corrected chi connectivity index (χ0v) is 20.2. The van der Waals surface area contributed by atoms with Crippen molar-refractivity contribution in [2.75, 3.05) is 6.61 Å². The summed E-state index contributed by atoms with van der Waals surface area (Å²) >= 11 is 3.02. The minimum Gasteiger partial charge on any atom is -0.374 e. The highest BCUT2D eigenvalue weighted by Gasteiger charge is 2.54. The van der Waals surface area contributed by atoms with Gasteiger partial charge in [0.15, 0.2) is 6.10 Å². The second-order valence-corrected chi connectivity index (χ2v) is 9.14. The van der Waals surface area contributed by atoms with E-state index < -0.39 is 28.8 Å². The van der Waals surface area contributed by atoms with Crippen LogP contribution in [0.15, 0.2) is 91.0 Å². The maximum Gasteiger partial charge on any atom is 0.288 e. The average Bonchev–Trinajstić information content (AvgIpc) is 2.86. The van der Waals surface area contributed by atoms with Gasteiger partial charge in [-0.3, -0.25) is 4.79 Å². The van der Waals surface area contributed by atoms with Crippen molar-refractivity contribution in [1.82, 2.24) is 0 Å². The molecule has 6 nitrogen and oxygen atoms in total. The molecule has 0 aliphatic carbocycles. The first-order chi connectivity index (χ1) is 16.5. The number of aliphatic hydroxyl groups is 1. The van der Waals surface area contributed by atoms with E-state index in [0.717, 1.165) is 16.7 Å². The summed E-state index contributed by atoms with van der Waals surface area (Å²) in [6, 6.07) is 28.9. The van der Waals surface area contributed by atoms with Crippen LogP contribution in [0, 0.1) is 0 Å². The van der Waals surface area contributed by atoms with Gasteiger partial charge in [-0.25, -0.2) is 0 Å². The third-order valence-corrected chi connectivity index (χ3v) is 6.06. The summed E-state index contributed by atoms with van der Waals surface area (Å²) in [5.41, 5.74) is 2.85. The molecule has 1 heterocycles. The number of hydrogen-bond acceptors (Lipinski definition) is 6. The highest BCUT2D eigenvalue weighted by molar-refractivity contribution is 9.10. The van der Waals surface area contributed by atoms with Crippen LogP contribution in [0.25, 0.3) is 0 Å². The van der Waals surface area contributed by atoms with Gasteiger partial charge in [0.1, 0.15) is 12.2 Å². The largest absolute Gasteiger partial charge is 0.374 e. The molecule has 178 valence electrons. The molecule has 4 rings (SSSR count). The third-order valence-electron chi connectivity index (χ3n) is 5.49. The Labute approximate surface area is 207 Å². The molecule has 1 saturated heterocycles. The van der Waals surface area contributed by atoms with E-state index in [-0.39, 0.29) is 19.8 Å². The third kappa shape index (κ3) is 6.60. The van der Waals surface area contributed by atoms with Crippen molar-refractivity contribution in [3.8, 4) is 0 Å². The number of rotatable bonds is 10. The van der Waals surface area contributed by atoms with Gasteiger partial charge in [0.05, 0.1) is 26.4 Å². The standard InChI is InChI=1S/C27H27BrO6/c28-27(30)26(29)25(33-18-22-14-8-3-9-15-22)24(32-17-21-12-6-2-7-13-21)23(34-27)19-31-16-20-10-4-1-5-11-20/h1-15,23-25,30H,16-19H2/t23-,24-,25+,27-/m1/s1. The number of Topliss-reactive ketones (excluding diaryl/α,β-unsaturated/α-hetero) is 1. The van der Waals surface area contributed by atoms with Crippen LogP contribution in [0.2, 0.25) is 0 Å². The van der Waals surface area contributed by atoms with Gasteiger partial charge in [0.25, 0.3) is 4.70 Å². The second-order valence-electron chi connectivity index (χ2n) is 8.06. The molecule has 1 fully saturated rings. The van der Waals surface area contributed by atoms with Crippen LogP contribution in [-0.4, -0.2) is 40.5 Å². The fraction of sp³-hybridized carbons (Fsp3) is 0.296. The molecule has 34 heavy (non-hydrogen) atoms. The summed E-state index contributed by atoms with van der Waals surface area (Å²) < 4.78 is 21.6. The maximum atomic E-state index is 13.1. The van der Waals surface area contributed by atoms with Gasteiger partial charge in [-0.2, -0.15) is 0 Å². The molecule has 0 spiro atoms. The predicted octanol–water partition coefficient (Wildman–Crippen LogP) is 4.38. The summed E-state index contributed by atoms with van der Waals surface area (Å²) in [5, 5.41) is 10.7. The number of ether oxygens (including phenoxy) is 4. The van der Waals surface area contributed by atoms with E-state index in [4.69, 9.17) is 18.9 Å². The molecule has 3 aromatic rings. The molecule has 0 radical (unpaired) electrons. The number of halogens is 1. The molecule has 0 unspecified atom stereocenters. The van der Waals surface area contributed by atoms with Gasteiger partial charge in [-0.05, 0) is 32.6 Å². The molecule has 1 aliphatic rings. The number of carbonyl (C=O) groups is 1. The lowest BCUT2D eigenvalue weighted by Crippen LogP contribution is -2.62. The Morgan fingerprint density at radius 2 is 1.24 bits per heavy atom. The van der Waals surface area contributed by atoms with Crippen LogP contribution in [0.1, 0.15) is 16.7 Å². The molecule has 7 heteroatoms. The Morgan fingerprint density at radius 3 is 1.76 bits per heavy atom. The molecule has 1 N–H and O–H groups in total. The molecule has 0 saturated carbocycles. The van der Waals surface area contributed by atoms with Crippen molar-refractivity contribution in [2.24, 2.45) is 0 Å². The molecule has 0 amide bonds. The molecule has 0 bridgehead atoms. The first-order valence-electron chi connectivity index (χ1n) is 11.1. The zero-order chi connectivity index (χ0) is 23.8. The first-order valence-corrected chi connectivity index (χ1v) is 11.9. The minimum atomic E-state index is -2.19. The minimum absolute atomic E-state index is 0.0980. The quantitative estimate of drug-likeness (QED) is 0.395.